The Morgan fingerprint density at radius 2 is 2.70 bits per heavy atom. The molecule has 1 fully saturated rings. The van der Waals surface area contributed by atoms with Crippen LogP contribution in [0.15, 0.2) is 12.7 Å². The van der Waals surface area contributed by atoms with Crippen molar-refractivity contribution in [3.63, 3.8) is 0 Å². The van der Waals surface area contributed by atoms with Gasteiger partial charge in [-0.05, 0) is 0 Å². The molecule has 2 unspecified atom stereocenters. The summed E-state index contributed by atoms with van der Waals surface area (Å²) < 4.78 is 5.19. The van der Waals surface area contributed by atoms with E-state index in [0.717, 1.165) is 6.54 Å². The van der Waals surface area contributed by atoms with Crippen LogP contribution in [0.2, 0.25) is 0 Å². The molecule has 0 bridgehead atoms. The fraction of sp³-hybridized carbons (Fsp3) is 0.571. The predicted octanol–water partition coefficient (Wildman–Crippen LogP) is 0.258. The van der Waals surface area contributed by atoms with Gasteiger partial charge in [-0.15, -0.1) is 6.58 Å². The van der Waals surface area contributed by atoms with Crippen molar-refractivity contribution in [2.45, 2.75) is 6.23 Å². The number of hydrogen-bond donors (Lipinski definition) is 1. The van der Waals surface area contributed by atoms with Crippen LogP contribution >= 0.6 is 0 Å². The number of nitrogens with zero attached hydrogens (tertiary/aromatic N) is 1. The number of hydrogen-bond acceptors (Lipinski definition) is 3. The molecule has 0 amide bonds. The van der Waals surface area contributed by atoms with E-state index >= 15 is 0 Å². The molecule has 54 valence electrons. The highest BCUT2D eigenvalue weighted by Crippen LogP contribution is 2.08. The van der Waals surface area contributed by atoms with Crippen molar-refractivity contribution >= 4 is 0 Å². The van der Waals surface area contributed by atoms with Crippen LogP contribution in [0.1, 0.15) is 0 Å². The minimum Gasteiger partial charge on any atom is -0.360 e. The summed E-state index contributed by atoms with van der Waals surface area (Å²) in [6, 6.07) is 2.09. The third kappa shape index (κ3) is 1.35. The van der Waals surface area contributed by atoms with E-state index < -0.39 is 0 Å². The zero-order valence-electron chi connectivity index (χ0n) is 5.71. The molecule has 10 heavy (non-hydrogen) atoms. The van der Waals surface area contributed by atoms with Gasteiger partial charge >= 0.3 is 0 Å². The molecule has 1 aliphatic rings. The largest absolute Gasteiger partial charge is 0.360 e. The molecule has 3 nitrogen and oxygen atoms in total. The Balaban J connectivity index is 2.46. The fourth-order valence-electron chi connectivity index (χ4n) is 0.921. The van der Waals surface area contributed by atoms with Crippen LogP contribution in [-0.4, -0.2) is 19.4 Å². The molecule has 1 saturated heterocycles. The first-order valence-corrected chi connectivity index (χ1v) is 3.25. The molecule has 0 aromatic rings. The minimum atomic E-state index is -0.220. The van der Waals surface area contributed by atoms with Crippen molar-refractivity contribution < 1.29 is 4.74 Å². The Hall–Kier alpha value is -0.850. The van der Waals surface area contributed by atoms with Crippen LogP contribution in [0.3, 0.4) is 0 Å². The average Bonchev–Trinajstić information content (AvgIpc) is 2.43. The third-order valence-corrected chi connectivity index (χ3v) is 1.47. The van der Waals surface area contributed by atoms with Gasteiger partial charge in [-0.1, -0.05) is 6.08 Å². The van der Waals surface area contributed by atoms with Crippen LogP contribution in [0.25, 0.3) is 0 Å². The second-order valence-electron chi connectivity index (χ2n) is 2.14. The van der Waals surface area contributed by atoms with Gasteiger partial charge in [-0.25, -0.2) is 0 Å². The Labute approximate surface area is 60.3 Å². The zero-order valence-corrected chi connectivity index (χ0v) is 5.71. The first-order valence-electron chi connectivity index (χ1n) is 3.25. The van der Waals surface area contributed by atoms with Gasteiger partial charge in [0.15, 0.2) is 0 Å². The highest BCUT2D eigenvalue weighted by molar-refractivity contribution is 5.00. The second-order valence-corrected chi connectivity index (χ2v) is 2.14. The first kappa shape index (κ1) is 7.26. The molecule has 1 aliphatic heterocycles. The van der Waals surface area contributed by atoms with Crippen LogP contribution < -0.4 is 5.32 Å². The Morgan fingerprint density at radius 1 is 1.90 bits per heavy atom. The maximum Gasteiger partial charge on any atom is 0.127 e. The molecule has 3 heteroatoms. The molecule has 2 atom stereocenters. The lowest BCUT2D eigenvalue weighted by molar-refractivity contribution is 0.0841. The van der Waals surface area contributed by atoms with Gasteiger partial charge in [0, 0.05) is 6.54 Å². The van der Waals surface area contributed by atoms with Crippen molar-refractivity contribution in [2.24, 2.45) is 5.92 Å². The predicted molar refractivity (Wildman–Crippen MR) is 37.0 cm³/mol. The summed E-state index contributed by atoms with van der Waals surface area (Å²) in [4.78, 5) is 0. The quantitative estimate of drug-likeness (QED) is 0.556. The van der Waals surface area contributed by atoms with Gasteiger partial charge in [0.05, 0.1) is 12.7 Å². The molecule has 0 aromatic heterocycles. The molecule has 1 rings (SSSR count). The summed E-state index contributed by atoms with van der Waals surface area (Å²) in [5.41, 5.74) is 0. The van der Waals surface area contributed by atoms with E-state index in [-0.39, 0.29) is 12.1 Å². The maximum absolute atomic E-state index is 8.55. The molecular formula is C7H10N2O. The molecule has 0 saturated carbocycles. The average molecular weight is 138 g/mol. The maximum atomic E-state index is 8.55. The lowest BCUT2D eigenvalue weighted by Crippen LogP contribution is -2.29. The van der Waals surface area contributed by atoms with E-state index in [1.165, 1.54) is 0 Å². The van der Waals surface area contributed by atoms with Crippen LogP contribution in [0.5, 0.6) is 0 Å². The molecule has 1 N–H and O–H groups in total. The monoisotopic (exact) mass is 138 g/mol. The van der Waals surface area contributed by atoms with Gasteiger partial charge < -0.3 is 4.74 Å². The van der Waals surface area contributed by atoms with Crippen molar-refractivity contribution in [2.75, 3.05) is 13.2 Å². The van der Waals surface area contributed by atoms with E-state index in [1.54, 1.807) is 6.08 Å². The van der Waals surface area contributed by atoms with Crippen molar-refractivity contribution in [3.8, 4) is 6.07 Å². The highest BCUT2D eigenvalue weighted by Gasteiger charge is 2.21. The highest BCUT2D eigenvalue weighted by atomic mass is 16.5. The van der Waals surface area contributed by atoms with E-state index in [0.29, 0.717) is 6.61 Å². The topological polar surface area (TPSA) is 45.0 Å². The van der Waals surface area contributed by atoms with E-state index in [2.05, 4.69) is 18.0 Å². The summed E-state index contributed by atoms with van der Waals surface area (Å²) in [5, 5.41) is 11.6. The molecule has 1 heterocycles. The van der Waals surface area contributed by atoms with Gasteiger partial charge in [0.1, 0.15) is 12.1 Å². The molecule has 0 aliphatic carbocycles. The standard InChI is InChI=1S/C7H10N2O/c1-2-6(5-8)7-9-3-4-10-7/h2,6-7,9H,1,3-4H2. The normalized spacial score (nSPS) is 27.3. The molecule has 0 spiro atoms. The Kier molecular flexibility index (Phi) is 2.43. The van der Waals surface area contributed by atoms with Crippen molar-refractivity contribution in [3.05, 3.63) is 12.7 Å². The lowest BCUT2D eigenvalue weighted by atomic mass is 10.1. The third-order valence-electron chi connectivity index (χ3n) is 1.47. The minimum absolute atomic E-state index is 0.137. The van der Waals surface area contributed by atoms with E-state index in [4.69, 9.17) is 10.00 Å². The van der Waals surface area contributed by atoms with Gasteiger partial charge in [-0.3, -0.25) is 5.32 Å². The summed E-state index contributed by atoms with van der Waals surface area (Å²) in [6.07, 6.45) is 1.46. The molecule has 0 aromatic carbocycles. The molecule has 0 radical (unpaired) electrons. The Bertz CT molecular complexity index is 155. The fourth-order valence-corrected chi connectivity index (χ4v) is 0.921. The second kappa shape index (κ2) is 3.35. The zero-order chi connectivity index (χ0) is 7.40. The number of nitriles is 1. The first-order chi connectivity index (χ1) is 4.88. The van der Waals surface area contributed by atoms with Crippen LogP contribution in [0.4, 0.5) is 0 Å². The van der Waals surface area contributed by atoms with Crippen LogP contribution in [0, 0.1) is 17.2 Å². The van der Waals surface area contributed by atoms with E-state index in [9.17, 15) is 0 Å². The number of nitrogens with one attached hydrogen (secondary N) is 1. The summed E-state index contributed by atoms with van der Waals surface area (Å²) in [5.74, 6) is -0.220. The Morgan fingerprint density at radius 3 is 3.10 bits per heavy atom. The summed E-state index contributed by atoms with van der Waals surface area (Å²) >= 11 is 0. The summed E-state index contributed by atoms with van der Waals surface area (Å²) in [6.45, 7) is 5.06. The number of rotatable bonds is 2. The smallest absolute Gasteiger partial charge is 0.127 e. The molecular weight excluding hydrogens is 128 g/mol. The number of ether oxygens (including phenoxy) is 1. The van der Waals surface area contributed by atoms with Gasteiger partial charge in [-0.2, -0.15) is 5.26 Å². The van der Waals surface area contributed by atoms with Gasteiger partial charge in [0.2, 0.25) is 0 Å². The lowest BCUT2D eigenvalue weighted by Gasteiger charge is -2.11. The summed E-state index contributed by atoms with van der Waals surface area (Å²) in [7, 11) is 0. The van der Waals surface area contributed by atoms with E-state index in [1.807, 2.05) is 0 Å². The van der Waals surface area contributed by atoms with Crippen molar-refractivity contribution in [1.29, 1.82) is 5.26 Å². The van der Waals surface area contributed by atoms with Crippen molar-refractivity contribution in [1.82, 2.24) is 5.32 Å². The van der Waals surface area contributed by atoms with Gasteiger partial charge in [0.25, 0.3) is 0 Å². The van der Waals surface area contributed by atoms with Crippen LogP contribution in [-0.2, 0) is 4.74 Å². The SMILES string of the molecule is C=CC(C#N)C1NCCO1.